The highest BCUT2D eigenvalue weighted by molar-refractivity contribution is 5.65. The molecule has 2 saturated heterocycles. The van der Waals surface area contributed by atoms with Crippen LogP contribution in [0, 0.1) is 23.2 Å². The van der Waals surface area contributed by atoms with Crippen LogP contribution in [-0.2, 0) is 0 Å². The fraction of sp³-hybridized carbons (Fsp3) is 0.529. The van der Waals surface area contributed by atoms with E-state index in [2.05, 4.69) is 4.90 Å². The van der Waals surface area contributed by atoms with E-state index >= 15 is 0 Å². The maximum atomic E-state index is 11.0. The van der Waals surface area contributed by atoms with Crippen molar-refractivity contribution in [3.05, 3.63) is 29.8 Å². The van der Waals surface area contributed by atoms with Crippen LogP contribution in [0.25, 0.3) is 0 Å². The number of rotatable bonds is 5. The zero-order chi connectivity index (χ0) is 17.1. The summed E-state index contributed by atoms with van der Waals surface area (Å²) in [5.41, 5.74) is 0.571. The van der Waals surface area contributed by atoms with Crippen molar-refractivity contribution < 1.29 is 19.7 Å². The van der Waals surface area contributed by atoms with Crippen LogP contribution in [-0.4, -0.2) is 71.5 Å². The van der Waals surface area contributed by atoms with E-state index < -0.39 is 12.2 Å². The van der Waals surface area contributed by atoms with Gasteiger partial charge in [0.15, 0.2) is 0 Å². The summed E-state index contributed by atoms with van der Waals surface area (Å²) >= 11 is 0. The van der Waals surface area contributed by atoms with Crippen molar-refractivity contribution >= 4 is 6.09 Å². The van der Waals surface area contributed by atoms with Gasteiger partial charge in [-0.15, -0.1) is 0 Å². The number of nitriles is 1. The molecule has 7 heteroatoms. The topological polar surface area (TPSA) is 97.0 Å². The third-order valence-corrected chi connectivity index (χ3v) is 4.73. The molecule has 1 aromatic rings. The summed E-state index contributed by atoms with van der Waals surface area (Å²) in [5.74, 6) is 1.36. The number of ether oxygens (including phenoxy) is 1. The van der Waals surface area contributed by atoms with Gasteiger partial charge in [-0.2, -0.15) is 5.26 Å². The third kappa shape index (κ3) is 3.78. The second-order valence-corrected chi connectivity index (χ2v) is 6.53. The van der Waals surface area contributed by atoms with Gasteiger partial charge in [0, 0.05) is 32.7 Å². The maximum absolute atomic E-state index is 11.0. The normalized spacial score (nSPS) is 24.4. The fourth-order valence-corrected chi connectivity index (χ4v) is 3.56. The van der Waals surface area contributed by atoms with Crippen molar-refractivity contribution in [3.63, 3.8) is 0 Å². The summed E-state index contributed by atoms with van der Waals surface area (Å²) in [4.78, 5) is 14.7. The van der Waals surface area contributed by atoms with Crippen molar-refractivity contribution in [2.75, 3.05) is 39.3 Å². The molecule has 0 bridgehead atoms. The molecule has 24 heavy (non-hydrogen) atoms. The molecule has 2 unspecified atom stereocenters. The van der Waals surface area contributed by atoms with E-state index in [1.54, 1.807) is 24.3 Å². The standard InChI is InChI=1S/C17H21N3O4/c18-5-12-1-3-16(4-2-12)24-11-15(21)10-19-6-13-8-20(17(22)23)9-14(13)7-19/h1-4,13-15,21H,6-11H2,(H,22,23)/t13?,14?,15-/m0/s1. The van der Waals surface area contributed by atoms with Crippen LogP contribution in [0.4, 0.5) is 4.79 Å². The first-order valence-corrected chi connectivity index (χ1v) is 8.06. The molecule has 1 amide bonds. The second kappa shape index (κ2) is 7.07. The van der Waals surface area contributed by atoms with Crippen LogP contribution in [0.1, 0.15) is 5.56 Å². The zero-order valence-electron chi connectivity index (χ0n) is 13.3. The molecule has 0 spiro atoms. The van der Waals surface area contributed by atoms with Crippen LogP contribution >= 0.6 is 0 Å². The molecule has 1 aromatic carbocycles. The lowest BCUT2D eigenvalue weighted by molar-refractivity contribution is 0.0718. The summed E-state index contributed by atoms with van der Waals surface area (Å²) in [6, 6.07) is 8.83. The molecule has 0 aliphatic carbocycles. The van der Waals surface area contributed by atoms with Crippen LogP contribution in [0.2, 0.25) is 0 Å². The first kappa shape index (κ1) is 16.6. The Labute approximate surface area is 140 Å². The fourth-order valence-electron chi connectivity index (χ4n) is 3.56. The minimum absolute atomic E-state index is 0.193. The van der Waals surface area contributed by atoms with E-state index in [0.29, 0.717) is 42.8 Å². The molecule has 2 aliphatic heterocycles. The first-order chi connectivity index (χ1) is 11.5. The van der Waals surface area contributed by atoms with Gasteiger partial charge in [0.05, 0.1) is 11.6 Å². The average Bonchev–Trinajstić information content (AvgIpc) is 3.12. The number of aliphatic hydroxyl groups is 1. The Morgan fingerprint density at radius 3 is 2.42 bits per heavy atom. The number of hydrogen-bond donors (Lipinski definition) is 2. The Hall–Kier alpha value is -2.30. The van der Waals surface area contributed by atoms with Crippen molar-refractivity contribution in [1.29, 1.82) is 5.26 Å². The largest absolute Gasteiger partial charge is 0.491 e. The van der Waals surface area contributed by atoms with Gasteiger partial charge < -0.3 is 19.8 Å². The number of benzene rings is 1. The zero-order valence-corrected chi connectivity index (χ0v) is 13.3. The molecule has 128 valence electrons. The van der Waals surface area contributed by atoms with Gasteiger partial charge in [0.25, 0.3) is 0 Å². The van der Waals surface area contributed by atoms with Gasteiger partial charge in [-0.05, 0) is 36.1 Å². The summed E-state index contributed by atoms with van der Waals surface area (Å²) < 4.78 is 5.55. The van der Waals surface area contributed by atoms with E-state index in [0.717, 1.165) is 13.1 Å². The Morgan fingerprint density at radius 2 is 1.88 bits per heavy atom. The highest BCUT2D eigenvalue weighted by Crippen LogP contribution is 2.31. The lowest BCUT2D eigenvalue weighted by Crippen LogP contribution is -2.37. The predicted octanol–water partition coefficient (Wildman–Crippen LogP) is 0.840. The molecule has 3 rings (SSSR count). The number of aliphatic hydroxyl groups excluding tert-OH is 1. The van der Waals surface area contributed by atoms with Crippen molar-refractivity contribution in [2.24, 2.45) is 11.8 Å². The SMILES string of the molecule is N#Cc1ccc(OC[C@@H](O)CN2CC3CN(C(=O)O)CC3C2)cc1. The first-order valence-electron chi connectivity index (χ1n) is 8.06. The van der Waals surface area contributed by atoms with E-state index in [1.807, 2.05) is 6.07 Å². The number of β-amino-alcohol motifs (C(OH)–C–C–N with tert-alkyl or cyclic N) is 1. The van der Waals surface area contributed by atoms with Crippen molar-refractivity contribution in [1.82, 2.24) is 9.80 Å². The Balaban J connectivity index is 1.41. The quantitative estimate of drug-likeness (QED) is 0.830. The molecule has 2 heterocycles. The second-order valence-electron chi connectivity index (χ2n) is 6.53. The lowest BCUT2D eigenvalue weighted by atomic mass is 10.0. The van der Waals surface area contributed by atoms with Crippen LogP contribution in [0.15, 0.2) is 24.3 Å². The molecule has 3 atom stereocenters. The van der Waals surface area contributed by atoms with Gasteiger partial charge >= 0.3 is 6.09 Å². The van der Waals surface area contributed by atoms with E-state index in [9.17, 15) is 9.90 Å². The van der Waals surface area contributed by atoms with E-state index in [-0.39, 0.29) is 6.61 Å². The van der Waals surface area contributed by atoms with Crippen molar-refractivity contribution in [2.45, 2.75) is 6.10 Å². The highest BCUT2D eigenvalue weighted by atomic mass is 16.5. The monoisotopic (exact) mass is 331 g/mol. The Kier molecular flexibility index (Phi) is 4.88. The summed E-state index contributed by atoms with van der Waals surface area (Å²) in [6.45, 7) is 3.54. The molecule has 0 aromatic heterocycles. The highest BCUT2D eigenvalue weighted by Gasteiger charge is 2.41. The molecule has 2 aliphatic rings. The van der Waals surface area contributed by atoms with Crippen LogP contribution in [0.3, 0.4) is 0 Å². The van der Waals surface area contributed by atoms with Gasteiger partial charge in [-0.25, -0.2) is 4.79 Å². The molecule has 0 saturated carbocycles. The number of amides is 1. The summed E-state index contributed by atoms with van der Waals surface area (Å²) in [5, 5.41) is 27.9. The molecular weight excluding hydrogens is 310 g/mol. The lowest BCUT2D eigenvalue weighted by Gasteiger charge is -2.22. The van der Waals surface area contributed by atoms with Gasteiger partial charge in [0.1, 0.15) is 18.5 Å². The van der Waals surface area contributed by atoms with Gasteiger partial charge in [-0.3, -0.25) is 4.90 Å². The van der Waals surface area contributed by atoms with E-state index in [1.165, 1.54) is 4.90 Å². The number of nitrogens with zero attached hydrogens (tertiary/aromatic N) is 3. The smallest absolute Gasteiger partial charge is 0.407 e. The molecule has 0 radical (unpaired) electrons. The van der Waals surface area contributed by atoms with Crippen LogP contribution in [0.5, 0.6) is 5.75 Å². The third-order valence-electron chi connectivity index (χ3n) is 4.73. The van der Waals surface area contributed by atoms with E-state index in [4.69, 9.17) is 15.1 Å². The van der Waals surface area contributed by atoms with Crippen LogP contribution < -0.4 is 4.74 Å². The number of hydrogen-bond acceptors (Lipinski definition) is 5. The van der Waals surface area contributed by atoms with Gasteiger partial charge in [0.2, 0.25) is 0 Å². The summed E-state index contributed by atoms with van der Waals surface area (Å²) in [6.07, 6.45) is -1.44. The molecule has 7 nitrogen and oxygen atoms in total. The number of fused-ring (bicyclic) bond motifs is 1. The number of likely N-dealkylation sites (tertiary alicyclic amines) is 2. The maximum Gasteiger partial charge on any atom is 0.407 e. The minimum atomic E-state index is -0.841. The number of carbonyl (C=O) groups is 1. The number of carboxylic acid groups (broad SMARTS) is 1. The average molecular weight is 331 g/mol. The predicted molar refractivity (Wildman–Crippen MR) is 85.7 cm³/mol. The Bertz CT molecular complexity index is 614. The van der Waals surface area contributed by atoms with Crippen molar-refractivity contribution in [3.8, 4) is 11.8 Å². The Morgan fingerprint density at radius 1 is 1.25 bits per heavy atom. The van der Waals surface area contributed by atoms with Gasteiger partial charge in [-0.1, -0.05) is 0 Å². The molecular formula is C17H21N3O4. The summed E-state index contributed by atoms with van der Waals surface area (Å²) in [7, 11) is 0. The molecule has 2 N–H and O–H groups in total. The minimum Gasteiger partial charge on any atom is -0.491 e. The molecule has 2 fully saturated rings.